The van der Waals surface area contributed by atoms with Crippen LogP contribution in [0.4, 0.5) is 4.39 Å². The number of hydrogen-bond acceptors (Lipinski definition) is 2. The van der Waals surface area contributed by atoms with Gasteiger partial charge in [-0.3, -0.25) is 9.59 Å². The second kappa shape index (κ2) is 4.91. The highest BCUT2D eigenvalue weighted by Gasteiger charge is 2.33. The van der Waals surface area contributed by atoms with Gasteiger partial charge in [-0.15, -0.1) is 0 Å². The van der Waals surface area contributed by atoms with E-state index in [9.17, 15) is 14.0 Å². The van der Waals surface area contributed by atoms with Crippen molar-refractivity contribution in [3.8, 4) is 0 Å². The number of hydrogen-bond donors (Lipinski definition) is 1. The topological polar surface area (TPSA) is 49.4 Å². The Morgan fingerprint density at radius 1 is 1.30 bits per heavy atom. The molecule has 116 valence electrons. The second-order valence-electron chi connectivity index (χ2n) is 5.97. The molecule has 2 aromatic carbocycles. The molecule has 0 radical (unpaired) electrons. The number of amides is 2. The Balaban J connectivity index is 1.66. The first-order valence-electron chi connectivity index (χ1n) is 7.55. The van der Waals surface area contributed by atoms with Gasteiger partial charge < -0.3 is 10.2 Å². The maximum Gasteiger partial charge on any atom is 0.254 e. The molecule has 0 bridgehead atoms. The normalized spacial score (nSPS) is 18.6. The van der Waals surface area contributed by atoms with Gasteiger partial charge in [0, 0.05) is 29.8 Å². The first-order chi connectivity index (χ1) is 11.1. The monoisotopic (exact) mass is 310 g/mol. The van der Waals surface area contributed by atoms with Gasteiger partial charge >= 0.3 is 0 Å². The summed E-state index contributed by atoms with van der Waals surface area (Å²) < 4.78 is 13.9. The molecule has 0 unspecified atom stereocenters. The van der Waals surface area contributed by atoms with Crippen molar-refractivity contribution in [3.05, 3.63) is 70.0 Å². The van der Waals surface area contributed by atoms with E-state index in [2.05, 4.69) is 5.32 Å². The van der Waals surface area contributed by atoms with Gasteiger partial charge in [-0.05, 0) is 42.3 Å². The highest BCUT2D eigenvalue weighted by atomic mass is 19.1. The number of benzene rings is 2. The summed E-state index contributed by atoms with van der Waals surface area (Å²) in [5.41, 5.74) is 3.42. The first kappa shape index (κ1) is 13.9. The summed E-state index contributed by atoms with van der Waals surface area (Å²) in [6, 6.07) is 9.89. The smallest absolute Gasteiger partial charge is 0.254 e. The molecule has 0 aromatic heterocycles. The van der Waals surface area contributed by atoms with Crippen LogP contribution in [-0.2, 0) is 13.1 Å². The van der Waals surface area contributed by atoms with Crippen LogP contribution in [0, 0.1) is 5.82 Å². The summed E-state index contributed by atoms with van der Waals surface area (Å²) in [5.74, 6) is -0.522. The van der Waals surface area contributed by atoms with E-state index < -0.39 is 0 Å². The van der Waals surface area contributed by atoms with Crippen LogP contribution in [0.1, 0.15) is 50.4 Å². The largest absolute Gasteiger partial charge is 0.348 e. The van der Waals surface area contributed by atoms with Crippen molar-refractivity contribution in [3.63, 3.8) is 0 Å². The van der Waals surface area contributed by atoms with Gasteiger partial charge in [0.1, 0.15) is 5.82 Å². The maximum absolute atomic E-state index is 13.9. The summed E-state index contributed by atoms with van der Waals surface area (Å²) in [7, 11) is 0. The minimum absolute atomic E-state index is 0.108. The molecule has 0 saturated heterocycles. The zero-order valence-electron chi connectivity index (χ0n) is 12.6. The van der Waals surface area contributed by atoms with Crippen LogP contribution in [0.15, 0.2) is 36.4 Å². The molecule has 2 amide bonds. The van der Waals surface area contributed by atoms with E-state index in [0.29, 0.717) is 23.2 Å². The minimum Gasteiger partial charge on any atom is -0.348 e. The number of nitrogens with zero attached hydrogens (tertiary/aromatic N) is 1. The van der Waals surface area contributed by atoms with E-state index >= 15 is 0 Å². The molecular formula is C18H15FN2O2. The number of halogens is 1. The van der Waals surface area contributed by atoms with Crippen LogP contribution in [0.2, 0.25) is 0 Å². The van der Waals surface area contributed by atoms with Gasteiger partial charge in [0.05, 0.1) is 6.04 Å². The molecule has 1 N–H and O–H groups in total. The van der Waals surface area contributed by atoms with E-state index in [-0.39, 0.29) is 30.2 Å². The van der Waals surface area contributed by atoms with Gasteiger partial charge in [-0.25, -0.2) is 4.39 Å². The molecule has 2 aliphatic rings. The average molecular weight is 310 g/mol. The zero-order valence-corrected chi connectivity index (χ0v) is 12.6. The van der Waals surface area contributed by atoms with Gasteiger partial charge in [-0.1, -0.05) is 12.1 Å². The fourth-order valence-corrected chi connectivity index (χ4v) is 3.39. The molecule has 1 atom stereocenters. The van der Waals surface area contributed by atoms with Crippen LogP contribution < -0.4 is 5.32 Å². The Morgan fingerprint density at radius 3 is 2.91 bits per heavy atom. The Labute approximate surface area is 132 Å². The van der Waals surface area contributed by atoms with Crippen LogP contribution in [0.5, 0.6) is 0 Å². The molecule has 2 aliphatic heterocycles. The third kappa shape index (κ3) is 2.04. The van der Waals surface area contributed by atoms with Crippen molar-refractivity contribution in [2.75, 3.05) is 0 Å². The number of nitrogens with one attached hydrogen (secondary N) is 1. The lowest BCUT2D eigenvalue weighted by Crippen LogP contribution is -2.28. The highest BCUT2D eigenvalue weighted by Crippen LogP contribution is 2.35. The molecule has 23 heavy (non-hydrogen) atoms. The van der Waals surface area contributed by atoms with Gasteiger partial charge in [0.2, 0.25) is 0 Å². The first-order valence-corrected chi connectivity index (χ1v) is 7.55. The van der Waals surface area contributed by atoms with Crippen molar-refractivity contribution < 1.29 is 14.0 Å². The Bertz CT molecular complexity index is 847. The van der Waals surface area contributed by atoms with Crippen molar-refractivity contribution in [2.24, 2.45) is 0 Å². The standard InChI is InChI=1S/C18H15FN2O2/c1-10-13-3-2-4-16(19)15(13)9-21(10)18(23)11-5-6-14-12(7-11)8-20-17(14)22/h2-7,10H,8-9H2,1H3,(H,20,22)/t10-/m1/s1. The molecule has 4 rings (SSSR count). The molecule has 2 heterocycles. The number of carbonyl (C=O) groups excluding carboxylic acids is 2. The van der Waals surface area contributed by atoms with Crippen molar-refractivity contribution in [1.82, 2.24) is 10.2 Å². The third-order valence-electron chi connectivity index (χ3n) is 4.70. The lowest BCUT2D eigenvalue weighted by atomic mass is 10.0. The predicted octanol–water partition coefficient (Wildman–Crippen LogP) is 2.79. The fourth-order valence-electron chi connectivity index (χ4n) is 3.39. The second-order valence-corrected chi connectivity index (χ2v) is 5.97. The molecule has 0 saturated carbocycles. The molecule has 0 spiro atoms. The molecule has 0 fully saturated rings. The predicted molar refractivity (Wildman–Crippen MR) is 82.3 cm³/mol. The quantitative estimate of drug-likeness (QED) is 0.880. The Hall–Kier alpha value is -2.69. The highest BCUT2D eigenvalue weighted by molar-refractivity contribution is 6.01. The van der Waals surface area contributed by atoms with E-state index in [0.717, 1.165) is 11.1 Å². The van der Waals surface area contributed by atoms with E-state index in [1.165, 1.54) is 6.07 Å². The van der Waals surface area contributed by atoms with Crippen LogP contribution in [0.3, 0.4) is 0 Å². The SMILES string of the molecule is C[C@@H]1c2cccc(F)c2CN1C(=O)c1ccc2c(c1)CNC2=O. The third-order valence-corrected chi connectivity index (χ3v) is 4.70. The zero-order chi connectivity index (χ0) is 16.1. The molecule has 5 heteroatoms. The van der Waals surface area contributed by atoms with Gasteiger partial charge in [0.15, 0.2) is 0 Å². The van der Waals surface area contributed by atoms with Gasteiger partial charge in [-0.2, -0.15) is 0 Å². The summed E-state index contributed by atoms with van der Waals surface area (Å²) in [6.45, 7) is 2.62. The average Bonchev–Trinajstić information content (AvgIpc) is 3.09. The van der Waals surface area contributed by atoms with Crippen LogP contribution in [-0.4, -0.2) is 16.7 Å². The van der Waals surface area contributed by atoms with E-state index in [4.69, 9.17) is 0 Å². The molecule has 0 aliphatic carbocycles. The fraction of sp³-hybridized carbons (Fsp3) is 0.222. The Kier molecular flexibility index (Phi) is 2.98. The summed E-state index contributed by atoms with van der Waals surface area (Å²) in [4.78, 5) is 26.1. The lowest BCUT2D eigenvalue weighted by molar-refractivity contribution is 0.0704. The van der Waals surface area contributed by atoms with Crippen LogP contribution >= 0.6 is 0 Å². The lowest BCUT2D eigenvalue weighted by Gasteiger charge is -2.22. The maximum atomic E-state index is 13.9. The summed E-state index contributed by atoms with van der Waals surface area (Å²) in [5, 5.41) is 2.74. The number of rotatable bonds is 1. The number of fused-ring (bicyclic) bond motifs is 2. The van der Waals surface area contributed by atoms with Gasteiger partial charge in [0.25, 0.3) is 11.8 Å². The Morgan fingerprint density at radius 2 is 2.13 bits per heavy atom. The molecular weight excluding hydrogens is 295 g/mol. The van der Waals surface area contributed by atoms with E-state index in [1.54, 1.807) is 29.2 Å². The molecule has 2 aromatic rings. The van der Waals surface area contributed by atoms with E-state index in [1.807, 2.05) is 13.0 Å². The minimum atomic E-state index is -0.270. The summed E-state index contributed by atoms with van der Waals surface area (Å²) in [6.07, 6.45) is 0. The van der Waals surface area contributed by atoms with Crippen molar-refractivity contribution in [2.45, 2.75) is 26.1 Å². The van der Waals surface area contributed by atoms with Crippen LogP contribution in [0.25, 0.3) is 0 Å². The summed E-state index contributed by atoms with van der Waals surface area (Å²) >= 11 is 0. The number of carbonyl (C=O) groups is 2. The van der Waals surface area contributed by atoms with Crippen molar-refractivity contribution in [1.29, 1.82) is 0 Å². The molecule has 4 nitrogen and oxygen atoms in total. The van der Waals surface area contributed by atoms with Crippen molar-refractivity contribution >= 4 is 11.8 Å².